The maximum absolute atomic E-state index is 11.3. The highest BCUT2D eigenvalue weighted by Crippen LogP contribution is 2.29. The number of carbonyl (C=O) groups is 1. The fraction of sp³-hybridized carbons (Fsp3) is 0.100. The molecular formula is C10H9N2O3S. The maximum Gasteiger partial charge on any atom is 0.267 e. The van der Waals surface area contributed by atoms with Crippen molar-refractivity contribution in [3.63, 3.8) is 0 Å². The molecule has 1 aromatic carbocycles. The minimum absolute atomic E-state index is 0.139. The first-order valence-electron chi connectivity index (χ1n) is 4.45. The molecule has 0 spiro atoms. The van der Waals surface area contributed by atoms with Gasteiger partial charge >= 0.3 is 0 Å². The van der Waals surface area contributed by atoms with Crippen LogP contribution >= 0.6 is 0 Å². The van der Waals surface area contributed by atoms with Crippen molar-refractivity contribution in [2.24, 2.45) is 5.73 Å². The molecule has 1 amide bonds. The summed E-state index contributed by atoms with van der Waals surface area (Å²) in [6.45, 7) is 0. The van der Waals surface area contributed by atoms with E-state index in [4.69, 9.17) is 5.73 Å². The van der Waals surface area contributed by atoms with Crippen molar-refractivity contribution in [1.82, 2.24) is 5.32 Å². The molecule has 1 radical (unpaired) electrons. The van der Waals surface area contributed by atoms with Gasteiger partial charge in [-0.2, -0.15) is 0 Å². The Morgan fingerprint density at radius 1 is 1.38 bits per heavy atom. The lowest BCUT2D eigenvalue weighted by molar-refractivity contribution is -0.114. The lowest BCUT2D eigenvalue weighted by Crippen LogP contribution is -2.16. The summed E-state index contributed by atoms with van der Waals surface area (Å²) in [5.74, 6) is -0.628. The first-order valence-corrected chi connectivity index (χ1v) is 6.34. The fourth-order valence-corrected chi connectivity index (χ4v) is 2.05. The van der Waals surface area contributed by atoms with Crippen LogP contribution in [0.1, 0.15) is 5.56 Å². The highest BCUT2D eigenvalue weighted by molar-refractivity contribution is 7.90. The number of primary amides is 1. The molecular weight excluding hydrogens is 228 g/mol. The zero-order chi connectivity index (χ0) is 11.9. The number of sulfone groups is 1. The largest absolute Gasteiger partial charge is 0.364 e. The van der Waals surface area contributed by atoms with Gasteiger partial charge in [-0.25, -0.2) is 13.7 Å². The predicted molar refractivity (Wildman–Crippen MR) is 58.5 cm³/mol. The van der Waals surface area contributed by atoms with Gasteiger partial charge < -0.3 is 5.73 Å². The third-order valence-corrected chi connectivity index (χ3v) is 3.33. The zero-order valence-corrected chi connectivity index (χ0v) is 9.28. The van der Waals surface area contributed by atoms with Gasteiger partial charge in [-0.05, 0) is 18.2 Å². The average molecular weight is 237 g/mol. The van der Waals surface area contributed by atoms with Crippen LogP contribution in [0.3, 0.4) is 0 Å². The van der Waals surface area contributed by atoms with Gasteiger partial charge in [-0.15, -0.1) is 0 Å². The summed E-state index contributed by atoms with van der Waals surface area (Å²) in [6.07, 6.45) is 2.65. The standard InChI is InChI=1S/C10H9N2O3S/c1-16(14,15)7-3-2-6-4-9(10(11)13)12-8(6)5-7/h2-5H,1H3,(H2,11,13). The molecule has 0 unspecified atom stereocenters. The third-order valence-electron chi connectivity index (χ3n) is 2.22. The number of nitrogens with zero attached hydrogens (tertiary/aromatic N) is 1. The van der Waals surface area contributed by atoms with Crippen LogP contribution in [0.4, 0.5) is 5.69 Å². The average Bonchev–Trinajstić information content (AvgIpc) is 2.58. The highest BCUT2D eigenvalue weighted by Gasteiger charge is 2.19. The molecule has 83 valence electrons. The monoisotopic (exact) mass is 237 g/mol. The predicted octanol–water partition coefficient (Wildman–Crippen LogP) is 0.166. The van der Waals surface area contributed by atoms with Crippen LogP contribution in [0, 0.1) is 0 Å². The van der Waals surface area contributed by atoms with Gasteiger partial charge in [0.1, 0.15) is 5.70 Å². The number of benzene rings is 1. The topological polar surface area (TPSA) is 91.3 Å². The van der Waals surface area contributed by atoms with Crippen LogP contribution in [0.5, 0.6) is 0 Å². The van der Waals surface area contributed by atoms with E-state index in [-0.39, 0.29) is 10.6 Å². The fourth-order valence-electron chi connectivity index (χ4n) is 1.41. The Bertz CT molecular complexity index is 602. The second-order valence-corrected chi connectivity index (χ2v) is 5.51. The Labute approximate surface area is 92.9 Å². The van der Waals surface area contributed by atoms with Gasteiger partial charge in [-0.3, -0.25) is 4.79 Å². The summed E-state index contributed by atoms with van der Waals surface area (Å²) >= 11 is 0. The molecule has 1 aromatic rings. The third kappa shape index (κ3) is 1.79. The molecule has 0 fully saturated rings. The number of amides is 1. The SMILES string of the molecule is CS(=O)(=O)c1ccc2c(c1)[N]C(C(N)=O)=C2. The summed E-state index contributed by atoms with van der Waals surface area (Å²) < 4.78 is 22.6. The van der Waals surface area contributed by atoms with E-state index in [1.54, 1.807) is 6.07 Å². The molecule has 16 heavy (non-hydrogen) atoms. The lowest BCUT2D eigenvalue weighted by atomic mass is 10.2. The molecule has 1 aliphatic heterocycles. The molecule has 0 saturated carbocycles. The van der Waals surface area contributed by atoms with E-state index < -0.39 is 15.7 Å². The molecule has 0 bridgehead atoms. The summed E-state index contributed by atoms with van der Waals surface area (Å²) in [4.78, 5) is 11.1. The molecule has 2 N–H and O–H groups in total. The van der Waals surface area contributed by atoms with Crippen LogP contribution in [-0.4, -0.2) is 20.6 Å². The molecule has 6 heteroatoms. The Balaban J connectivity index is 2.45. The zero-order valence-electron chi connectivity index (χ0n) is 8.47. The Kier molecular flexibility index (Phi) is 2.23. The number of hydrogen-bond donors (Lipinski definition) is 1. The molecule has 0 aliphatic carbocycles. The van der Waals surface area contributed by atoms with E-state index in [1.807, 2.05) is 0 Å². The lowest BCUT2D eigenvalue weighted by Gasteiger charge is -2.02. The quantitative estimate of drug-likeness (QED) is 0.794. The maximum atomic E-state index is 11.3. The molecule has 0 saturated heterocycles. The minimum atomic E-state index is -3.26. The van der Waals surface area contributed by atoms with E-state index in [9.17, 15) is 13.2 Å². The number of hydrogen-bond acceptors (Lipinski definition) is 3. The Morgan fingerprint density at radius 2 is 2.06 bits per heavy atom. The van der Waals surface area contributed by atoms with Gasteiger partial charge in [0.15, 0.2) is 9.84 Å². The Hall–Kier alpha value is -1.82. The van der Waals surface area contributed by atoms with E-state index >= 15 is 0 Å². The smallest absolute Gasteiger partial charge is 0.267 e. The van der Waals surface area contributed by atoms with E-state index in [0.29, 0.717) is 11.3 Å². The minimum Gasteiger partial charge on any atom is -0.364 e. The van der Waals surface area contributed by atoms with Crippen molar-refractivity contribution < 1.29 is 13.2 Å². The molecule has 2 rings (SSSR count). The molecule has 5 nitrogen and oxygen atoms in total. The molecule has 0 aromatic heterocycles. The number of carbonyl (C=O) groups excluding carboxylic acids is 1. The van der Waals surface area contributed by atoms with Gasteiger partial charge in [0.2, 0.25) is 0 Å². The van der Waals surface area contributed by atoms with Crippen LogP contribution < -0.4 is 11.1 Å². The summed E-state index contributed by atoms with van der Waals surface area (Å²) in [5.41, 5.74) is 6.37. The van der Waals surface area contributed by atoms with Gasteiger partial charge in [0.05, 0.1) is 10.6 Å². The van der Waals surface area contributed by atoms with E-state index in [1.165, 1.54) is 18.2 Å². The van der Waals surface area contributed by atoms with Gasteiger partial charge in [0.25, 0.3) is 5.91 Å². The van der Waals surface area contributed by atoms with Crippen molar-refractivity contribution in [2.45, 2.75) is 4.90 Å². The van der Waals surface area contributed by atoms with Crippen LogP contribution in [0.15, 0.2) is 28.8 Å². The highest BCUT2D eigenvalue weighted by atomic mass is 32.2. The number of fused-ring (bicyclic) bond motifs is 1. The van der Waals surface area contributed by atoms with Crippen LogP contribution in [0.2, 0.25) is 0 Å². The van der Waals surface area contributed by atoms with Gasteiger partial charge in [-0.1, -0.05) is 6.07 Å². The second-order valence-electron chi connectivity index (χ2n) is 3.50. The Morgan fingerprint density at radius 3 is 2.62 bits per heavy atom. The van der Waals surface area contributed by atoms with Crippen LogP contribution in [0.25, 0.3) is 6.08 Å². The van der Waals surface area contributed by atoms with E-state index in [2.05, 4.69) is 5.32 Å². The second kappa shape index (κ2) is 3.34. The first kappa shape index (κ1) is 10.7. The number of nitrogens with two attached hydrogens (primary N) is 1. The van der Waals surface area contributed by atoms with Crippen molar-refractivity contribution >= 4 is 27.5 Å². The number of rotatable bonds is 2. The summed E-state index contributed by atoms with van der Waals surface area (Å²) in [7, 11) is -3.26. The van der Waals surface area contributed by atoms with Crippen LogP contribution in [-0.2, 0) is 14.6 Å². The molecule has 1 aliphatic rings. The van der Waals surface area contributed by atoms with Crippen molar-refractivity contribution in [2.75, 3.05) is 6.26 Å². The van der Waals surface area contributed by atoms with Crippen molar-refractivity contribution in [3.05, 3.63) is 29.5 Å². The first-order chi connectivity index (χ1) is 7.38. The van der Waals surface area contributed by atoms with Gasteiger partial charge in [0, 0.05) is 11.8 Å². The van der Waals surface area contributed by atoms with Crippen molar-refractivity contribution in [1.29, 1.82) is 0 Å². The normalized spacial score (nSPS) is 13.9. The van der Waals surface area contributed by atoms with Crippen molar-refractivity contribution in [3.8, 4) is 0 Å². The molecule has 0 atom stereocenters. The van der Waals surface area contributed by atoms with E-state index in [0.717, 1.165) is 6.26 Å². The molecule has 1 heterocycles. The summed E-state index contributed by atoms with van der Waals surface area (Å²) in [5, 5.41) is 3.95. The summed E-state index contributed by atoms with van der Waals surface area (Å²) in [6, 6.07) is 4.51.